The van der Waals surface area contributed by atoms with Gasteiger partial charge in [-0.3, -0.25) is 0 Å². The van der Waals surface area contributed by atoms with Gasteiger partial charge in [0.15, 0.2) is 5.75 Å². The smallest absolute Gasteiger partial charge is 0.156 e. The second kappa shape index (κ2) is 13.4. The van der Waals surface area contributed by atoms with E-state index in [1.54, 1.807) is 12.1 Å². The van der Waals surface area contributed by atoms with Gasteiger partial charge in [0.05, 0.1) is 29.5 Å². The molecule has 0 aromatic heterocycles. The lowest BCUT2D eigenvalue weighted by Gasteiger charge is -2.12. The van der Waals surface area contributed by atoms with Crippen LogP contribution in [0.3, 0.4) is 0 Å². The van der Waals surface area contributed by atoms with Crippen LogP contribution in [-0.4, -0.2) is 37.8 Å². The second-order valence-corrected chi connectivity index (χ2v) is 6.63. The maximum absolute atomic E-state index is 8.20. The van der Waals surface area contributed by atoms with Gasteiger partial charge in [-0.25, -0.2) is 0 Å². The SMILES string of the molecule is ON=CCOCCCCCOc1c(Cl)cc(OCC=C(Cl)Cl)cc1Cl. The lowest BCUT2D eigenvalue weighted by molar-refractivity contribution is 0.164. The molecule has 140 valence electrons. The summed E-state index contributed by atoms with van der Waals surface area (Å²) in [4.78, 5) is 0. The van der Waals surface area contributed by atoms with Gasteiger partial charge in [-0.2, -0.15) is 0 Å². The zero-order chi connectivity index (χ0) is 18.5. The van der Waals surface area contributed by atoms with E-state index in [-0.39, 0.29) is 11.1 Å². The molecule has 0 aliphatic rings. The zero-order valence-corrected chi connectivity index (χ0v) is 16.4. The van der Waals surface area contributed by atoms with Crippen molar-refractivity contribution in [3.05, 3.63) is 32.7 Å². The number of nitrogens with zero attached hydrogens (tertiary/aromatic N) is 1. The van der Waals surface area contributed by atoms with Crippen LogP contribution in [0, 0.1) is 0 Å². The molecule has 0 spiro atoms. The van der Waals surface area contributed by atoms with Crippen molar-refractivity contribution in [1.29, 1.82) is 0 Å². The van der Waals surface area contributed by atoms with Crippen molar-refractivity contribution >= 4 is 52.6 Å². The van der Waals surface area contributed by atoms with Gasteiger partial charge < -0.3 is 19.4 Å². The highest BCUT2D eigenvalue weighted by Crippen LogP contribution is 2.37. The van der Waals surface area contributed by atoms with Gasteiger partial charge in [0, 0.05) is 18.7 Å². The molecular formula is C16H19Cl4NO4. The van der Waals surface area contributed by atoms with Gasteiger partial charge in [0.1, 0.15) is 16.8 Å². The third-order valence-corrected chi connectivity index (χ3v) is 3.78. The van der Waals surface area contributed by atoms with Gasteiger partial charge >= 0.3 is 0 Å². The van der Waals surface area contributed by atoms with Crippen LogP contribution in [0.5, 0.6) is 11.5 Å². The van der Waals surface area contributed by atoms with Crippen LogP contribution in [0.2, 0.25) is 10.0 Å². The van der Waals surface area contributed by atoms with E-state index in [9.17, 15) is 0 Å². The van der Waals surface area contributed by atoms with Crippen molar-refractivity contribution in [3.63, 3.8) is 0 Å². The number of rotatable bonds is 12. The average Bonchev–Trinajstić information content (AvgIpc) is 2.55. The highest BCUT2D eigenvalue weighted by molar-refractivity contribution is 6.55. The summed E-state index contributed by atoms with van der Waals surface area (Å²) >= 11 is 23.4. The molecular weight excluding hydrogens is 412 g/mol. The Morgan fingerprint density at radius 2 is 1.68 bits per heavy atom. The average molecular weight is 431 g/mol. The predicted octanol–water partition coefficient (Wildman–Crippen LogP) is 5.72. The summed E-state index contributed by atoms with van der Waals surface area (Å²) in [6.07, 6.45) is 5.45. The number of halogens is 4. The Bertz CT molecular complexity index is 554. The van der Waals surface area contributed by atoms with Gasteiger partial charge in [0.25, 0.3) is 0 Å². The van der Waals surface area contributed by atoms with E-state index in [0.717, 1.165) is 19.3 Å². The fourth-order valence-electron chi connectivity index (χ4n) is 1.79. The molecule has 0 bridgehead atoms. The van der Waals surface area contributed by atoms with Crippen molar-refractivity contribution < 1.29 is 19.4 Å². The van der Waals surface area contributed by atoms with Crippen LogP contribution in [0.25, 0.3) is 0 Å². The molecule has 9 heteroatoms. The first-order valence-corrected chi connectivity index (χ1v) is 9.05. The molecule has 1 aromatic rings. The molecule has 5 nitrogen and oxygen atoms in total. The summed E-state index contributed by atoms with van der Waals surface area (Å²) in [5.41, 5.74) is 0. The van der Waals surface area contributed by atoms with Crippen LogP contribution < -0.4 is 9.47 Å². The number of hydrogen-bond acceptors (Lipinski definition) is 5. The molecule has 0 aliphatic heterocycles. The molecule has 0 heterocycles. The molecule has 0 saturated carbocycles. The van der Waals surface area contributed by atoms with Crippen molar-refractivity contribution in [2.24, 2.45) is 5.16 Å². The van der Waals surface area contributed by atoms with E-state index in [1.807, 2.05) is 0 Å². The minimum atomic E-state index is 0.129. The third kappa shape index (κ3) is 10.0. The number of hydrogen-bond donors (Lipinski definition) is 1. The van der Waals surface area contributed by atoms with Crippen LogP contribution in [0.1, 0.15) is 19.3 Å². The third-order valence-electron chi connectivity index (χ3n) is 2.91. The van der Waals surface area contributed by atoms with Crippen LogP contribution in [0.4, 0.5) is 0 Å². The van der Waals surface area contributed by atoms with Crippen molar-refractivity contribution in [2.75, 3.05) is 26.4 Å². The van der Waals surface area contributed by atoms with Gasteiger partial charge in [-0.05, 0) is 25.3 Å². The molecule has 25 heavy (non-hydrogen) atoms. The molecule has 0 radical (unpaired) electrons. The normalized spacial score (nSPS) is 10.9. The largest absolute Gasteiger partial charge is 0.490 e. The number of ether oxygens (including phenoxy) is 3. The Morgan fingerprint density at radius 3 is 2.32 bits per heavy atom. The topological polar surface area (TPSA) is 60.3 Å². The van der Waals surface area contributed by atoms with E-state index < -0.39 is 0 Å². The standard InChI is InChI=1S/C16H19Cl4NO4/c17-13-10-12(24-8-4-15(19)20)11-14(18)16(13)25-7-3-1-2-6-23-9-5-21-22/h4-5,10-11,22H,1-3,6-9H2. The van der Waals surface area contributed by atoms with Crippen molar-refractivity contribution in [2.45, 2.75) is 19.3 Å². The maximum atomic E-state index is 8.20. The molecule has 0 fully saturated rings. The molecule has 1 aromatic carbocycles. The summed E-state index contributed by atoms with van der Waals surface area (Å²) in [7, 11) is 0. The summed E-state index contributed by atoms with van der Waals surface area (Å²) in [6, 6.07) is 3.24. The summed E-state index contributed by atoms with van der Waals surface area (Å²) in [5.74, 6) is 0.925. The fraction of sp³-hybridized carbons (Fsp3) is 0.438. The van der Waals surface area contributed by atoms with Crippen LogP contribution in [-0.2, 0) is 4.74 Å². The van der Waals surface area contributed by atoms with E-state index >= 15 is 0 Å². The number of oxime groups is 1. The first-order chi connectivity index (χ1) is 12.0. The molecule has 0 amide bonds. The summed E-state index contributed by atoms with van der Waals surface area (Å²) < 4.78 is 16.4. The first kappa shape index (κ1) is 22.2. The molecule has 0 unspecified atom stereocenters. The lowest BCUT2D eigenvalue weighted by Crippen LogP contribution is -2.02. The minimum Gasteiger partial charge on any atom is -0.490 e. The van der Waals surface area contributed by atoms with Gasteiger partial charge in [-0.15, -0.1) is 0 Å². The summed E-state index contributed by atoms with van der Waals surface area (Å²) in [6.45, 7) is 1.60. The molecule has 0 saturated heterocycles. The van der Waals surface area contributed by atoms with Crippen molar-refractivity contribution in [3.8, 4) is 11.5 Å². The predicted molar refractivity (Wildman–Crippen MR) is 102 cm³/mol. The number of benzene rings is 1. The first-order valence-electron chi connectivity index (χ1n) is 7.54. The van der Waals surface area contributed by atoms with E-state index in [1.165, 1.54) is 12.3 Å². The molecule has 0 atom stereocenters. The second-order valence-electron chi connectivity index (χ2n) is 4.80. The van der Waals surface area contributed by atoms with E-state index in [0.29, 0.717) is 41.4 Å². The fourth-order valence-corrected chi connectivity index (χ4v) is 2.49. The van der Waals surface area contributed by atoms with Gasteiger partial charge in [0.2, 0.25) is 0 Å². The van der Waals surface area contributed by atoms with Crippen molar-refractivity contribution in [1.82, 2.24) is 0 Å². The number of unbranched alkanes of at least 4 members (excludes halogenated alkanes) is 2. The Morgan fingerprint density at radius 1 is 1.00 bits per heavy atom. The molecule has 1 rings (SSSR count). The lowest BCUT2D eigenvalue weighted by atomic mass is 10.2. The maximum Gasteiger partial charge on any atom is 0.156 e. The Labute approximate surface area is 167 Å². The van der Waals surface area contributed by atoms with E-state index in [2.05, 4.69) is 5.16 Å². The Balaban J connectivity index is 2.32. The Kier molecular flexibility index (Phi) is 11.9. The molecule has 1 N–H and O–H groups in total. The molecule has 0 aliphatic carbocycles. The Hall–Kier alpha value is -0.850. The zero-order valence-electron chi connectivity index (χ0n) is 13.4. The monoisotopic (exact) mass is 429 g/mol. The highest BCUT2D eigenvalue weighted by atomic mass is 35.5. The van der Waals surface area contributed by atoms with Crippen LogP contribution in [0.15, 0.2) is 27.9 Å². The highest BCUT2D eigenvalue weighted by Gasteiger charge is 2.10. The van der Waals surface area contributed by atoms with Crippen LogP contribution >= 0.6 is 46.4 Å². The van der Waals surface area contributed by atoms with E-state index in [4.69, 9.17) is 65.8 Å². The quantitative estimate of drug-likeness (QED) is 0.199. The summed E-state index contributed by atoms with van der Waals surface area (Å²) in [5, 5.41) is 11.8. The minimum absolute atomic E-state index is 0.129. The van der Waals surface area contributed by atoms with Gasteiger partial charge in [-0.1, -0.05) is 51.6 Å².